The molecule has 2 aliphatic carbocycles. The lowest BCUT2D eigenvalue weighted by Crippen LogP contribution is -2.40. The smallest absolute Gasteiger partial charge is 0.317 e. The second-order valence-electron chi connectivity index (χ2n) is 7.51. The molecule has 26 heavy (non-hydrogen) atoms. The van der Waals surface area contributed by atoms with Gasteiger partial charge in [-0.25, -0.2) is 4.79 Å². The van der Waals surface area contributed by atoms with Crippen LogP contribution in [-0.2, 0) is 4.79 Å². The Morgan fingerprint density at radius 1 is 1.23 bits per heavy atom. The van der Waals surface area contributed by atoms with E-state index in [1.807, 2.05) is 6.92 Å². The highest BCUT2D eigenvalue weighted by Gasteiger charge is 2.25. The van der Waals surface area contributed by atoms with E-state index < -0.39 is 0 Å². The van der Waals surface area contributed by atoms with Crippen LogP contribution in [0.2, 0.25) is 0 Å². The van der Waals surface area contributed by atoms with E-state index in [0.29, 0.717) is 30.8 Å². The zero-order chi connectivity index (χ0) is 18.5. The molecule has 2 N–H and O–H groups in total. The van der Waals surface area contributed by atoms with E-state index in [1.165, 1.54) is 24.2 Å². The van der Waals surface area contributed by atoms with E-state index in [4.69, 9.17) is 4.52 Å². The van der Waals surface area contributed by atoms with Crippen LogP contribution in [0.1, 0.15) is 82.0 Å². The molecule has 0 saturated heterocycles. The summed E-state index contributed by atoms with van der Waals surface area (Å²) >= 11 is 0. The van der Waals surface area contributed by atoms with Gasteiger partial charge in [-0.1, -0.05) is 24.4 Å². The van der Waals surface area contributed by atoms with Crippen LogP contribution in [0.5, 0.6) is 0 Å². The van der Waals surface area contributed by atoms with Crippen LogP contribution in [0.4, 0.5) is 4.79 Å². The Balaban J connectivity index is 1.44. The highest BCUT2D eigenvalue weighted by Crippen LogP contribution is 2.31. The molecule has 3 amide bonds. The summed E-state index contributed by atoms with van der Waals surface area (Å²) in [5.74, 6) is 1.55. The minimum atomic E-state index is -0.366. The van der Waals surface area contributed by atoms with E-state index in [1.54, 1.807) is 7.05 Å². The van der Waals surface area contributed by atoms with Crippen molar-refractivity contribution in [3.05, 3.63) is 11.7 Å². The molecule has 0 bridgehead atoms. The lowest BCUT2D eigenvalue weighted by molar-refractivity contribution is -0.121. The Bertz CT molecular complexity index is 622. The minimum Gasteiger partial charge on any atom is -0.353 e. The largest absolute Gasteiger partial charge is 0.353 e. The van der Waals surface area contributed by atoms with Gasteiger partial charge in [0.2, 0.25) is 11.8 Å². The predicted octanol–water partition coefficient (Wildman–Crippen LogP) is 2.49. The fourth-order valence-electron chi connectivity index (χ4n) is 3.21. The summed E-state index contributed by atoms with van der Waals surface area (Å²) in [5.41, 5.74) is 0. The fourth-order valence-corrected chi connectivity index (χ4v) is 3.21. The first-order chi connectivity index (χ1) is 12.5. The second kappa shape index (κ2) is 8.51. The zero-order valence-electron chi connectivity index (χ0n) is 15.7. The van der Waals surface area contributed by atoms with Crippen LogP contribution in [0, 0.1) is 0 Å². The number of amides is 3. The van der Waals surface area contributed by atoms with Gasteiger partial charge in [0.15, 0.2) is 5.82 Å². The molecule has 1 atom stereocenters. The van der Waals surface area contributed by atoms with Crippen molar-refractivity contribution < 1.29 is 14.1 Å². The predicted molar refractivity (Wildman–Crippen MR) is 95.5 cm³/mol. The average Bonchev–Trinajstić information content (AvgIpc) is 3.31. The van der Waals surface area contributed by atoms with Gasteiger partial charge >= 0.3 is 6.03 Å². The standard InChI is InChI=1S/C18H29N5O3/c1-12(17-21-16(22-26-17)13-6-4-3-5-7-13)19-18(25)23(2)11-10-15(24)20-14-8-9-14/h12-14H,3-11H2,1-2H3,(H,19,25)(H,20,24). The molecule has 3 rings (SSSR count). The third kappa shape index (κ3) is 5.19. The molecule has 1 aromatic heterocycles. The van der Waals surface area contributed by atoms with Crippen molar-refractivity contribution in [2.75, 3.05) is 13.6 Å². The number of aromatic nitrogens is 2. The Morgan fingerprint density at radius 2 is 1.96 bits per heavy atom. The molecule has 144 valence electrons. The van der Waals surface area contributed by atoms with Crippen molar-refractivity contribution in [2.45, 2.75) is 76.3 Å². The molecule has 1 aromatic rings. The van der Waals surface area contributed by atoms with Crippen LogP contribution < -0.4 is 10.6 Å². The number of hydrogen-bond donors (Lipinski definition) is 2. The number of nitrogens with zero attached hydrogens (tertiary/aromatic N) is 3. The average molecular weight is 363 g/mol. The van der Waals surface area contributed by atoms with Gasteiger partial charge in [-0.3, -0.25) is 4.79 Å². The fraction of sp³-hybridized carbons (Fsp3) is 0.778. The van der Waals surface area contributed by atoms with Crippen molar-refractivity contribution in [1.29, 1.82) is 0 Å². The number of hydrogen-bond acceptors (Lipinski definition) is 5. The maximum absolute atomic E-state index is 12.3. The van der Waals surface area contributed by atoms with E-state index in [0.717, 1.165) is 31.5 Å². The number of rotatable bonds is 7. The molecular weight excluding hydrogens is 334 g/mol. The van der Waals surface area contributed by atoms with E-state index in [9.17, 15) is 9.59 Å². The zero-order valence-corrected chi connectivity index (χ0v) is 15.7. The summed E-state index contributed by atoms with van der Waals surface area (Å²) in [5, 5.41) is 9.87. The number of carbonyl (C=O) groups excluding carboxylic acids is 2. The summed E-state index contributed by atoms with van der Waals surface area (Å²) in [6.07, 6.45) is 8.33. The number of nitrogens with one attached hydrogen (secondary N) is 2. The third-order valence-corrected chi connectivity index (χ3v) is 5.10. The lowest BCUT2D eigenvalue weighted by Gasteiger charge is -2.19. The molecule has 2 aliphatic rings. The molecule has 0 spiro atoms. The first-order valence-electron chi connectivity index (χ1n) is 9.67. The van der Waals surface area contributed by atoms with Crippen LogP contribution in [0.15, 0.2) is 4.52 Å². The van der Waals surface area contributed by atoms with Gasteiger partial charge in [0.25, 0.3) is 0 Å². The quantitative estimate of drug-likeness (QED) is 0.775. The summed E-state index contributed by atoms with van der Waals surface area (Å²) < 4.78 is 5.35. The van der Waals surface area contributed by atoms with E-state index >= 15 is 0 Å². The van der Waals surface area contributed by atoms with Crippen molar-refractivity contribution in [1.82, 2.24) is 25.7 Å². The highest BCUT2D eigenvalue weighted by atomic mass is 16.5. The first-order valence-corrected chi connectivity index (χ1v) is 9.67. The number of urea groups is 1. The van der Waals surface area contributed by atoms with Crippen LogP contribution in [0.25, 0.3) is 0 Å². The lowest BCUT2D eigenvalue weighted by atomic mass is 9.89. The van der Waals surface area contributed by atoms with Crippen molar-refractivity contribution in [2.24, 2.45) is 0 Å². The Hall–Kier alpha value is -2.12. The minimum absolute atomic E-state index is 0.00535. The van der Waals surface area contributed by atoms with Gasteiger partial charge in [-0.15, -0.1) is 0 Å². The second-order valence-corrected chi connectivity index (χ2v) is 7.51. The Morgan fingerprint density at radius 3 is 2.65 bits per heavy atom. The molecule has 0 radical (unpaired) electrons. The van der Waals surface area contributed by atoms with Crippen LogP contribution >= 0.6 is 0 Å². The van der Waals surface area contributed by atoms with Gasteiger partial charge < -0.3 is 20.1 Å². The molecule has 8 nitrogen and oxygen atoms in total. The molecule has 8 heteroatoms. The Kier molecular flexibility index (Phi) is 6.11. The maximum Gasteiger partial charge on any atom is 0.317 e. The van der Waals surface area contributed by atoms with E-state index in [2.05, 4.69) is 20.8 Å². The highest BCUT2D eigenvalue weighted by molar-refractivity contribution is 5.78. The van der Waals surface area contributed by atoms with E-state index in [-0.39, 0.29) is 18.0 Å². The molecule has 0 aromatic carbocycles. The number of carbonyl (C=O) groups is 2. The molecule has 0 aliphatic heterocycles. The van der Waals surface area contributed by atoms with Gasteiger partial charge in [0, 0.05) is 32.0 Å². The Labute approximate surface area is 154 Å². The normalized spacial score (nSPS) is 19.0. The topological polar surface area (TPSA) is 100 Å². The molecule has 2 fully saturated rings. The summed E-state index contributed by atoms with van der Waals surface area (Å²) in [4.78, 5) is 30.0. The van der Waals surface area contributed by atoms with Crippen molar-refractivity contribution >= 4 is 11.9 Å². The summed E-state index contributed by atoms with van der Waals surface area (Å²) in [6.45, 7) is 2.19. The van der Waals surface area contributed by atoms with Crippen LogP contribution in [0.3, 0.4) is 0 Å². The van der Waals surface area contributed by atoms with Gasteiger partial charge in [-0.2, -0.15) is 4.98 Å². The monoisotopic (exact) mass is 363 g/mol. The van der Waals surface area contributed by atoms with Crippen LogP contribution in [-0.4, -0.2) is 46.6 Å². The van der Waals surface area contributed by atoms with Gasteiger partial charge in [0.1, 0.15) is 6.04 Å². The third-order valence-electron chi connectivity index (χ3n) is 5.10. The van der Waals surface area contributed by atoms with Crippen molar-refractivity contribution in [3.63, 3.8) is 0 Å². The molecule has 1 heterocycles. The summed E-state index contributed by atoms with van der Waals surface area (Å²) in [7, 11) is 1.67. The first kappa shape index (κ1) is 18.7. The molecular formula is C18H29N5O3. The van der Waals surface area contributed by atoms with Gasteiger partial charge in [-0.05, 0) is 32.6 Å². The maximum atomic E-state index is 12.3. The summed E-state index contributed by atoms with van der Waals surface area (Å²) in [6, 6.07) is -0.276. The molecule has 1 unspecified atom stereocenters. The molecule has 2 saturated carbocycles. The van der Waals surface area contributed by atoms with Crippen molar-refractivity contribution in [3.8, 4) is 0 Å². The van der Waals surface area contributed by atoms with Gasteiger partial charge in [0.05, 0.1) is 0 Å². The SMILES string of the molecule is CC(NC(=O)N(C)CCC(=O)NC1CC1)c1nc(C2CCCCC2)no1.